The van der Waals surface area contributed by atoms with Crippen LogP contribution in [0, 0.1) is 17.1 Å². The molecule has 0 saturated carbocycles. The van der Waals surface area contributed by atoms with Crippen LogP contribution in [0.3, 0.4) is 0 Å². The summed E-state index contributed by atoms with van der Waals surface area (Å²) >= 11 is 0. The molecule has 86 valence electrons. The average molecular weight is 228 g/mol. The summed E-state index contributed by atoms with van der Waals surface area (Å²) in [7, 11) is 0. The van der Waals surface area contributed by atoms with Gasteiger partial charge in [-0.05, 0) is 48.9 Å². The first-order chi connectivity index (χ1) is 8.29. The Kier molecular flexibility index (Phi) is 2.36. The molecule has 1 heterocycles. The highest BCUT2D eigenvalue weighted by molar-refractivity contribution is 5.85. The Morgan fingerprint density at radius 1 is 1.47 bits per heavy atom. The molecule has 1 aliphatic carbocycles. The van der Waals surface area contributed by atoms with Crippen LogP contribution in [0.4, 0.5) is 4.39 Å². The van der Waals surface area contributed by atoms with Gasteiger partial charge in [-0.3, -0.25) is 0 Å². The maximum atomic E-state index is 13.3. The number of benzene rings is 1. The van der Waals surface area contributed by atoms with E-state index in [9.17, 15) is 4.39 Å². The number of hydrogen-bond acceptors (Lipinski definition) is 1. The van der Waals surface area contributed by atoms with E-state index in [-0.39, 0.29) is 11.7 Å². The third kappa shape index (κ3) is 1.61. The molecular weight excluding hydrogens is 215 g/mol. The molecule has 0 radical (unpaired) electrons. The minimum absolute atomic E-state index is 0.208. The molecule has 1 aromatic heterocycles. The van der Waals surface area contributed by atoms with Crippen molar-refractivity contribution in [1.29, 1.82) is 5.26 Å². The molecular formula is C14H13FN2. The molecule has 1 aromatic carbocycles. The van der Waals surface area contributed by atoms with Crippen LogP contribution in [0.25, 0.3) is 10.9 Å². The van der Waals surface area contributed by atoms with Gasteiger partial charge in [0.05, 0.1) is 6.07 Å². The van der Waals surface area contributed by atoms with Gasteiger partial charge in [0.2, 0.25) is 0 Å². The Labute approximate surface area is 99.1 Å². The maximum absolute atomic E-state index is 13.3. The summed E-state index contributed by atoms with van der Waals surface area (Å²) in [4.78, 5) is 3.36. The SMILES string of the molecule is N#CCC1CCCc2[nH]c3ccc(F)cc3c21. The van der Waals surface area contributed by atoms with Crippen molar-refractivity contribution in [3.8, 4) is 6.07 Å². The number of aromatic nitrogens is 1. The standard InChI is InChI=1S/C14H13FN2/c15-10-4-5-12-11(8-10)14-9(6-7-16)2-1-3-13(14)17-12/h4-5,8-9,17H,1-3,6H2. The van der Waals surface area contributed by atoms with Crippen LogP contribution in [0.15, 0.2) is 18.2 Å². The smallest absolute Gasteiger partial charge is 0.123 e. The van der Waals surface area contributed by atoms with Gasteiger partial charge in [-0.2, -0.15) is 5.26 Å². The lowest BCUT2D eigenvalue weighted by Crippen LogP contribution is -2.08. The lowest BCUT2D eigenvalue weighted by molar-refractivity contribution is 0.561. The molecule has 1 N–H and O–H groups in total. The van der Waals surface area contributed by atoms with Crippen LogP contribution in [0.1, 0.15) is 36.4 Å². The van der Waals surface area contributed by atoms with E-state index in [1.54, 1.807) is 12.1 Å². The second-order valence-corrected chi connectivity index (χ2v) is 4.66. The second kappa shape index (κ2) is 3.89. The van der Waals surface area contributed by atoms with Crippen LogP contribution < -0.4 is 0 Å². The third-order valence-electron chi connectivity index (χ3n) is 3.61. The maximum Gasteiger partial charge on any atom is 0.123 e. The number of halogens is 1. The Hall–Kier alpha value is -1.82. The number of hydrogen-bond donors (Lipinski definition) is 1. The molecule has 17 heavy (non-hydrogen) atoms. The number of aryl methyl sites for hydroxylation is 1. The number of fused-ring (bicyclic) bond motifs is 3. The summed E-state index contributed by atoms with van der Waals surface area (Å²) in [5.41, 5.74) is 3.35. The summed E-state index contributed by atoms with van der Waals surface area (Å²) in [5.74, 6) is 0.0554. The van der Waals surface area contributed by atoms with E-state index in [2.05, 4.69) is 11.1 Å². The fourth-order valence-corrected chi connectivity index (χ4v) is 2.89. The van der Waals surface area contributed by atoms with Crippen molar-refractivity contribution in [3.05, 3.63) is 35.3 Å². The Balaban J connectivity index is 2.22. The molecule has 0 fully saturated rings. The lowest BCUT2D eigenvalue weighted by atomic mass is 9.83. The normalized spacial score (nSPS) is 18.9. The zero-order valence-corrected chi connectivity index (χ0v) is 9.46. The highest BCUT2D eigenvalue weighted by atomic mass is 19.1. The first-order valence-electron chi connectivity index (χ1n) is 5.96. The van der Waals surface area contributed by atoms with Crippen molar-refractivity contribution in [2.75, 3.05) is 0 Å². The molecule has 3 heteroatoms. The minimum atomic E-state index is -0.208. The van der Waals surface area contributed by atoms with E-state index in [1.165, 1.54) is 17.3 Å². The van der Waals surface area contributed by atoms with Crippen molar-refractivity contribution in [2.45, 2.75) is 31.6 Å². The Bertz CT molecular complexity index is 606. The van der Waals surface area contributed by atoms with Crippen LogP contribution in [0.5, 0.6) is 0 Å². The minimum Gasteiger partial charge on any atom is -0.358 e. The molecule has 0 saturated heterocycles. The molecule has 1 atom stereocenters. The number of rotatable bonds is 1. The quantitative estimate of drug-likeness (QED) is 0.795. The molecule has 0 amide bonds. The molecule has 1 aliphatic rings. The van der Waals surface area contributed by atoms with Gasteiger partial charge in [-0.25, -0.2) is 4.39 Å². The van der Waals surface area contributed by atoms with E-state index in [0.29, 0.717) is 6.42 Å². The fraction of sp³-hybridized carbons (Fsp3) is 0.357. The van der Waals surface area contributed by atoms with Gasteiger partial charge in [0.15, 0.2) is 0 Å². The zero-order chi connectivity index (χ0) is 11.8. The van der Waals surface area contributed by atoms with Crippen molar-refractivity contribution in [1.82, 2.24) is 4.98 Å². The molecule has 1 unspecified atom stereocenters. The van der Waals surface area contributed by atoms with Crippen molar-refractivity contribution < 1.29 is 4.39 Å². The number of nitriles is 1. The van der Waals surface area contributed by atoms with Crippen molar-refractivity contribution in [2.24, 2.45) is 0 Å². The molecule has 3 rings (SSSR count). The predicted octanol–water partition coefficient (Wildman–Crippen LogP) is 3.64. The van der Waals surface area contributed by atoms with E-state index in [4.69, 9.17) is 5.26 Å². The fourth-order valence-electron chi connectivity index (χ4n) is 2.89. The number of nitrogens with one attached hydrogen (secondary N) is 1. The Morgan fingerprint density at radius 2 is 2.35 bits per heavy atom. The van der Waals surface area contributed by atoms with Crippen LogP contribution in [-0.2, 0) is 6.42 Å². The summed E-state index contributed by atoms with van der Waals surface area (Å²) in [5, 5.41) is 9.83. The molecule has 2 aromatic rings. The van der Waals surface area contributed by atoms with E-state index in [0.717, 1.165) is 30.2 Å². The largest absolute Gasteiger partial charge is 0.358 e. The monoisotopic (exact) mass is 228 g/mol. The van der Waals surface area contributed by atoms with Crippen LogP contribution in [0.2, 0.25) is 0 Å². The molecule has 0 aliphatic heterocycles. The first-order valence-corrected chi connectivity index (χ1v) is 5.96. The van der Waals surface area contributed by atoms with Gasteiger partial charge < -0.3 is 4.98 Å². The molecule has 0 bridgehead atoms. The van der Waals surface area contributed by atoms with Crippen LogP contribution >= 0.6 is 0 Å². The van der Waals surface area contributed by atoms with Crippen molar-refractivity contribution in [3.63, 3.8) is 0 Å². The van der Waals surface area contributed by atoms with Crippen LogP contribution in [-0.4, -0.2) is 4.98 Å². The molecule has 0 spiro atoms. The highest BCUT2D eigenvalue weighted by Crippen LogP contribution is 2.38. The second-order valence-electron chi connectivity index (χ2n) is 4.66. The van der Waals surface area contributed by atoms with Gasteiger partial charge in [-0.15, -0.1) is 0 Å². The van der Waals surface area contributed by atoms with Gasteiger partial charge in [0, 0.05) is 23.0 Å². The number of aromatic amines is 1. The van der Waals surface area contributed by atoms with Crippen molar-refractivity contribution >= 4 is 10.9 Å². The van der Waals surface area contributed by atoms with E-state index >= 15 is 0 Å². The van der Waals surface area contributed by atoms with Gasteiger partial charge in [0.1, 0.15) is 5.82 Å². The lowest BCUT2D eigenvalue weighted by Gasteiger charge is -2.20. The van der Waals surface area contributed by atoms with E-state index < -0.39 is 0 Å². The summed E-state index contributed by atoms with van der Waals surface area (Å²) in [6.45, 7) is 0. The topological polar surface area (TPSA) is 39.6 Å². The summed E-state index contributed by atoms with van der Waals surface area (Å²) < 4.78 is 13.3. The number of H-pyrrole nitrogens is 1. The highest BCUT2D eigenvalue weighted by Gasteiger charge is 2.24. The Morgan fingerprint density at radius 3 is 3.18 bits per heavy atom. The van der Waals surface area contributed by atoms with Gasteiger partial charge >= 0.3 is 0 Å². The summed E-state index contributed by atoms with van der Waals surface area (Å²) in [6, 6.07) is 7.08. The third-order valence-corrected chi connectivity index (χ3v) is 3.61. The first kappa shape index (κ1) is 10.3. The molecule has 2 nitrogen and oxygen atoms in total. The zero-order valence-electron chi connectivity index (χ0n) is 9.46. The van der Waals surface area contributed by atoms with Gasteiger partial charge in [0.25, 0.3) is 0 Å². The van der Waals surface area contributed by atoms with E-state index in [1.807, 2.05) is 0 Å². The average Bonchev–Trinajstić information content (AvgIpc) is 2.68. The number of nitrogens with zero attached hydrogens (tertiary/aromatic N) is 1. The predicted molar refractivity (Wildman–Crippen MR) is 64.2 cm³/mol. The summed E-state index contributed by atoms with van der Waals surface area (Å²) in [6.07, 6.45) is 3.67. The van der Waals surface area contributed by atoms with Gasteiger partial charge in [-0.1, -0.05) is 0 Å².